The Kier molecular flexibility index (Phi) is 5.05. The molecule has 3 amide bonds. The number of rotatable bonds is 4. The fourth-order valence-corrected chi connectivity index (χ4v) is 4.75. The minimum atomic E-state index is -0.927. The summed E-state index contributed by atoms with van der Waals surface area (Å²) in [5, 5.41) is 2.84. The van der Waals surface area contributed by atoms with Crippen LogP contribution in [0.3, 0.4) is 0 Å². The van der Waals surface area contributed by atoms with Crippen LogP contribution >= 0.6 is 0 Å². The van der Waals surface area contributed by atoms with E-state index in [0.717, 1.165) is 27.8 Å². The molecule has 6 nitrogen and oxygen atoms in total. The molecule has 1 aliphatic carbocycles. The van der Waals surface area contributed by atoms with Crippen molar-refractivity contribution in [3.8, 4) is 11.1 Å². The summed E-state index contributed by atoms with van der Waals surface area (Å²) in [6.45, 7) is 1.63. The number of amides is 3. The van der Waals surface area contributed by atoms with Crippen LogP contribution < -0.4 is 11.1 Å². The van der Waals surface area contributed by atoms with Crippen molar-refractivity contribution in [1.82, 2.24) is 10.2 Å². The summed E-state index contributed by atoms with van der Waals surface area (Å²) in [5.74, 6) is -1.33. The van der Waals surface area contributed by atoms with Crippen molar-refractivity contribution in [3.63, 3.8) is 0 Å². The minimum Gasteiger partial charge on any atom is -0.368 e. The molecular weight excluding hydrogens is 414 g/mol. The van der Waals surface area contributed by atoms with E-state index in [1.165, 1.54) is 4.90 Å². The summed E-state index contributed by atoms with van der Waals surface area (Å²) in [7, 11) is 0. The molecule has 3 aromatic carbocycles. The molecule has 0 spiro atoms. The molecule has 164 valence electrons. The Bertz CT molecular complexity index is 1300. The number of nitrogens with one attached hydrogen (secondary N) is 1. The lowest BCUT2D eigenvalue weighted by Gasteiger charge is -2.45. The fraction of sp³-hybridized carbons (Fsp3) is 0.148. The minimum absolute atomic E-state index is 0.361. The average Bonchev–Trinajstić information content (AvgIpc) is 2.85. The lowest BCUT2D eigenvalue weighted by Crippen LogP contribution is -2.57. The van der Waals surface area contributed by atoms with Crippen molar-refractivity contribution in [3.05, 3.63) is 102 Å². The molecule has 3 atom stereocenters. The third-order valence-electron chi connectivity index (χ3n) is 6.37. The van der Waals surface area contributed by atoms with E-state index < -0.39 is 24.0 Å². The van der Waals surface area contributed by atoms with E-state index in [4.69, 9.17) is 5.73 Å². The monoisotopic (exact) mass is 437 g/mol. The van der Waals surface area contributed by atoms with Gasteiger partial charge in [-0.15, -0.1) is 0 Å². The molecule has 3 aromatic rings. The van der Waals surface area contributed by atoms with Gasteiger partial charge < -0.3 is 16.0 Å². The molecule has 2 aliphatic rings. The first-order valence-electron chi connectivity index (χ1n) is 10.8. The first kappa shape index (κ1) is 20.7. The van der Waals surface area contributed by atoms with Gasteiger partial charge in [0.2, 0.25) is 5.91 Å². The molecule has 0 fully saturated rings. The number of primary amides is 1. The fourth-order valence-electron chi connectivity index (χ4n) is 4.75. The largest absolute Gasteiger partial charge is 0.368 e. The Labute approximate surface area is 191 Å². The van der Waals surface area contributed by atoms with E-state index in [-0.39, 0.29) is 11.8 Å². The van der Waals surface area contributed by atoms with Gasteiger partial charge in [0, 0.05) is 5.56 Å². The van der Waals surface area contributed by atoms with E-state index >= 15 is 0 Å². The summed E-state index contributed by atoms with van der Waals surface area (Å²) in [4.78, 5) is 40.3. The van der Waals surface area contributed by atoms with Crippen LogP contribution in [0.4, 0.5) is 0 Å². The predicted octanol–water partition coefficient (Wildman–Crippen LogP) is 3.31. The van der Waals surface area contributed by atoms with E-state index in [1.54, 1.807) is 31.2 Å². The highest BCUT2D eigenvalue weighted by Crippen LogP contribution is 2.50. The van der Waals surface area contributed by atoms with Crippen LogP contribution in [0.5, 0.6) is 0 Å². The Morgan fingerprint density at radius 3 is 2.18 bits per heavy atom. The zero-order valence-electron chi connectivity index (χ0n) is 18.1. The second kappa shape index (κ2) is 8.06. The summed E-state index contributed by atoms with van der Waals surface area (Å²) >= 11 is 0. The van der Waals surface area contributed by atoms with Crippen LogP contribution in [0, 0.1) is 0 Å². The van der Waals surface area contributed by atoms with Gasteiger partial charge >= 0.3 is 0 Å². The average molecular weight is 437 g/mol. The quantitative estimate of drug-likeness (QED) is 0.656. The van der Waals surface area contributed by atoms with Crippen LogP contribution in [0.15, 0.2) is 84.9 Å². The van der Waals surface area contributed by atoms with Gasteiger partial charge in [0.1, 0.15) is 12.1 Å². The summed E-state index contributed by atoms with van der Waals surface area (Å²) < 4.78 is 0. The number of hydrogen-bond acceptors (Lipinski definition) is 3. The van der Waals surface area contributed by atoms with Crippen LogP contribution in [0.2, 0.25) is 0 Å². The number of nitrogens with zero attached hydrogens (tertiary/aromatic N) is 1. The molecule has 0 radical (unpaired) electrons. The van der Waals surface area contributed by atoms with Crippen molar-refractivity contribution in [2.24, 2.45) is 5.73 Å². The molecule has 0 unspecified atom stereocenters. The van der Waals surface area contributed by atoms with Crippen molar-refractivity contribution in [2.45, 2.75) is 25.0 Å². The highest BCUT2D eigenvalue weighted by molar-refractivity contribution is 6.04. The maximum atomic E-state index is 13.7. The first-order chi connectivity index (χ1) is 16.0. The van der Waals surface area contributed by atoms with Gasteiger partial charge in [-0.25, -0.2) is 0 Å². The lowest BCUT2D eigenvalue weighted by molar-refractivity contribution is -0.141. The third kappa shape index (κ3) is 3.40. The van der Waals surface area contributed by atoms with Crippen molar-refractivity contribution < 1.29 is 14.4 Å². The number of benzene rings is 3. The van der Waals surface area contributed by atoms with Crippen LogP contribution in [0.25, 0.3) is 16.7 Å². The molecule has 1 aliphatic heterocycles. The Morgan fingerprint density at radius 2 is 1.48 bits per heavy atom. The van der Waals surface area contributed by atoms with E-state index in [0.29, 0.717) is 5.56 Å². The van der Waals surface area contributed by atoms with Crippen molar-refractivity contribution in [2.75, 3.05) is 0 Å². The van der Waals surface area contributed by atoms with Crippen LogP contribution in [0.1, 0.15) is 34.5 Å². The summed E-state index contributed by atoms with van der Waals surface area (Å²) in [5.41, 5.74) is 10.9. The molecule has 0 saturated heterocycles. The van der Waals surface area contributed by atoms with Gasteiger partial charge in [-0.05, 0) is 53.0 Å². The molecule has 33 heavy (non-hydrogen) atoms. The molecule has 0 aromatic heterocycles. The Hall–Kier alpha value is -4.19. The van der Waals surface area contributed by atoms with Crippen molar-refractivity contribution >= 4 is 23.3 Å². The van der Waals surface area contributed by atoms with E-state index in [1.807, 2.05) is 60.7 Å². The first-order valence-corrected chi connectivity index (χ1v) is 10.8. The number of fused-ring (bicyclic) bond motifs is 6. The number of nitrogens with two attached hydrogens (primary N) is 1. The SMILES string of the molecule is C[C@@H](C(N)=O)N1C(=O)[C@@H](NC(=O)c2ccccc2)C=C2c3ccccc3-c3ccccc3[C@H]21. The van der Waals surface area contributed by atoms with Gasteiger partial charge in [-0.1, -0.05) is 66.7 Å². The lowest BCUT2D eigenvalue weighted by atomic mass is 9.75. The van der Waals surface area contributed by atoms with E-state index in [9.17, 15) is 14.4 Å². The number of carbonyl (C=O) groups excluding carboxylic acids is 3. The van der Waals surface area contributed by atoms with Gasteiger partial charge in [0.05, 0.1) is 6.04 Å². The maximum absolute atomic E-state index is 13.7. The molecule has 1 heterocycles. The van der Waals surface area contributed by atoms with Crippen LogP contribution in [-0.2, 0) is 9.59 Å². The number of hydrogen-bond donors (Lipinski definition) is 2. The molecule has 5 rings (SSSR count). The topological polar surface area (TPSA) is 92.5 Å². The highest BCUT2D eigenvalue weighted by Gasteiger charge is 2.44. The van der Waals surface area contributed by atoms with E-state index in [2.05, 4.69) is 5.32 Å². The predicted molar refractivity (Wildman–Crippen MR) is 126 cm³/mol. The second-order valence-electron chi connectivity index (χ2n) is 8.30. The van der Waals surface area contributed by atoms with Gasteiger partial charge in [0.25, 0.3) is 11.8 Å². The summed E-state index contributed by atoms with van der Waals surface area (Å²) in [6, 6.07) is 22.3. The molecule has 3 N–H and O–H groups in total. The van der Waals surface area contributed by atoms with Gasteiger partial charge in [-0.3, -0.25) is 14.4 Å². The van der Waals surface area contributed by atoms with Gasteiger partial charge in [0.15, 0.2) is 0 Å². The molecule has 6 heteroatoms. The smallest absolute Gasteiger partial charge is 0.252 e. The molecular formula is C27H23N3O3. The van der Waals surface area contributed by atoms with Crippen molar-refractivity contribution in [1.29, 1.82) is 0 Å². The highest BCUT2D eigenvalue weighted by atomic mass is 16.2. The standard InChI is InChI=1S/C27H23N3O3/c1-16(25(28)31)30-24-21-14-8-7-12-19(21)18-11-5-6-13-20(18)22(24)15-23(27(30)33)29-26(32)17-9-3-2-4-10-17/h2-16,23-24H,1H3,(H2,28,31)(H,29,32)/t16-,23-,24+/m0/s1. The van der Waals surface area contributed by atoms with Crippen LogP contribution in [-0.4, -0.2) is 34.7 Å². The number of carbonyl (C=O) groups is 3. The van der Waals surface area contributed by atoms with Gasteiger partial charge in [-0.2, -0.15) is 0 Å². The molecule has 0 saturated carbocycles. The maximum Gasteiger partial charge on any atom is 0.252 e. The zero-order valence-corrected chi connectivity index (χ0v) is 18.1. The summed E-state index contributed by atoms with van der Waals surface area (Å²) in [6.07, 6.45) is 1.81. The second-order valence-corrected chi connectivity index (χ2v) is 8.30. The third-order valence-corrected chi connectivity index (χ3v) is 6.37. The Morgan fingerprint density at radius 1 is 0.879 bits per heavy atom. The zero-order chi connectivity index (χ0) is 23.1. The normalized spacial score (nSPS) is 19.5. The Balaban J connectivity index is 1.67. The molecule has 0 bridgehead atoms.